The van der Waals surface area contributed by atoms with Crippen molar-refractivity contribution in [2.45, 2.75) is 0 Å². The van der Waals surface area contributed by atoms with Gasteiger partial charge in [0.25, 0.3) is 0 Å². The van der Waals surface area contributed by atoms with Crippen LogP contribution >= 0.6 is 0 Å². The first-order valence-electron chi connectivity index (χ1n) is 3.11. The fourth-order valence-corrected chi connectivity index (χ4v) is 0.731. The minimum absolute atomic E-state index is 0.422. The van der Waals surface area contributed by atoms with E-state index in [1.165, 1.54) is 7.11 Å². The van der Waals surface area contributed by atoms with E-state index in [-0.39, 0.29) is 0 Å². The first-order valence-corrected chi connectivity index (χ1v) is 3.11. The number of hydrogen-bond donors (Lipinski definition) is 0. The molecule has 1 aromatic rings. The van der Waals surface area contributed by atoms with Crippen LogP contribution in [0.3, 0.4) is 0 Å². The molecule has 0 saturated heterocycles. The molecule has 0 aliphatic carbocycles. The molecule has 56 valence electrons. The van der Waals surface area contributed by atoms with Gasteiger partial charge in [0.2, 0.25) is 5.88 Å². The lowest BCUT2D eigenvalue weighted by molar-refractivity contribution is 0.391. The molecule has 0 atom stereocenters. The Morgan fingerprint density at radius 1 is 1.36 bits per heavy atom. The van der Waals surface area contributed by atoms with Gasteiger partial charge in [-0.2, -0.15) is 0 Å². The number of rotatable bonds is 2. The summed E-state index contributed by atoms with van der Waals surface area (Å²) in [6.45, 7) is 0. The molecule has 0 saturated carbocycles. The van der Waals surface area contributed by atoms with Crippen LogP contribution in [0.5, 0.6) is 11.6 Å². The van der Waals surface area contributed by atoms with Crippen molar-refractivity contribution in [2.75, 3.05) is 14.2 Å². The third-order valence-corrected chi connectivity index (χ3v) is 1.28. The van der Waals surface area contributed by atoms with Gasteiger partial charge in [0.05, 0.1) is 20.4 Å². The van der Waals surface area contributed by atoms with Gasteiger partial charge in [-0.05, 0) is 11.5 Å². The summed E-state index contributed by atoms with van der Waals surface area (Å²) < 4.78 is 9.75. The second kappa shape index (κ2) is 3.28. The molecule has 1 heterocycles. The molecule has 0 N–H and O–H groups in total. The number of nitrogens with zero attached hydrogens (tertiary/aromatic N) is 1. The van der Waals surface area contributed by atoms with Crippen LogP contribution in [0.25, 0.3) is 0 Å². The standard InChI is InChI=1S/C7H8BNO2/c1-10-5-3-6(8)7(11-2)9-4-5/h3-4H,1-2H3. The van der Waals surface area contributed by atoms with Crippen LogP contribution in [0.2, 0.25) is 0 Å². The molecule has 0 amide bonds. The molecule has 1 aromatic heterocycles. The molecule has 0 aromatic carbocycles. The van der Waals surface area contributed by atoms with Crippen molar-refractivity contribution < 1.29 is 9.47 Å². The molecule has 2 radical (unpaired) electrons. The van der Waals surface area contributed by atoms with E-state index in [0.29, 0.717) is 17.1 Å². The topological polar surface area (TPSA) is 31.4 Å². The van der Waals surface area contributed by atoms with Crippen molar-refractivity contribution in [3.05, 3.63) is 12.3 Å². The molecular weight excluding hydrogens is 141 g/mol. The summed E-state index contributed by atoms with van der Waals surface area (Å²) in [5.41, 5.74) is 0.479. The zero-order valence-corrected chi connectivity index (χ0v) is 6.50. The van der Waals surface area contributed by atoms with E-state index in [1.54, 1.807) is 19.4 Å². The maximum Gasteiger partial charge on any atom is 0.205 e. The quantitative estimate of drug-likeness (QED) is 0.550. The summed E-state index contributed by atoms with van der Waals surface area (Å²) in [6, 6.07) is 1.66. The smallest absolute Gasteiger partial charge is 0.205 e. The fourth-order valence-electron chi connectivity index (χ4n) is 0.731. The van der Waals surface area contributed by atoms with Crippen molar-refractivity contribution in [1.82, 2.24) is 4.98 Å². The molecule has 0 unspecified atom stereocenters. The molecule has 0 fully saturated rings. The second-order valence-corrected chi connectivity index (χ2v) is 1.97. The van der Waals surface area contributed by atoms with Crippen molar-refractivity contribution in [1.29, 1.82) is 0 Å². The largest absolute Gasteiger partial charge is 0.495 e. The zero-order valence-electron chi connectivity index (χ0n) is 6.50. The van der Waals surface area contributed by atoms with Gasteiger partial charge >= 0.3 is 0 Å². The summed E-state index contributed by atoms with van der Waals surface area (Å²) in [7, 11) is 8.62. The third-order valence-electron chi connectivity index (χ3n) is 1.28. The molecule has 0 aliphatic heterocycles. The Balaban J connectivity index is 2.99. The van der Waals surface area contributed by atoms with Crippen LogP contribution in [0.4, 0.5) is 0 Å². The highest BCUT2D eigenvalue weighted by molar-refractivity contribution is 6.34. The highest BCUT2D eigenvalue weighted by Crippen LogP contribution is 2.08. The molecule has 11 heavy (non-hydrogen) atoms. The van der Waals surface area contributed by atoms with E-state index in [0.717, 1.165) is 0 Å². The van der Waals surface area contributed by atoms with Crippen LogP contribution in [-0.2, 0) is 0 Å². The molecule has 3 nitrogen and oxygen atoms in total. The number of pyridine rings is 1. The van der Waals surface area contributed by atoms with Crippen LogP contribution in [0.1, 0.15) is 0 Å². The van der Waals surface area contributed by atoms with Gasteiger partial charge in [-0.3, -0.25) is 0 Å². The van der Waals surface area contributed by atoms with Gasteiger partial charge in [0, 0.05) is 0 Å². The number of methoxy groups -OCH3 is 2. The Bertz CT molecular complexity index is 252. The van der Waals surface area contributed by atoms with Crippen molar-refractivity contribution in [3.8, 4) is 11.6 Å². The molecule has 0 aliphatic rings. The number of ether oxygens (including phenoxy) is 2. The normalized spacial score (nSPS) is 9.27. The van der Waals surface area contributed by atoms with E-state index in [1.807, 2.05) is 0 Å². The Morgan fingerprint density at radius 2 is 2.09 bits per heavy atom. The zero-order chi connectivity index (χ0) is 8.27. The SMILES string of the molecule is [B]c1cc(OC)cnc1OC. The van der Waals surface area contributed by atoms with Crippen LogP contribution in [-0.4, -0.2) is 27.0 Å². The Hall–Kier alpha value is -1.19. The summed E-state index contributed by atoms with van der Waals surface area (Å²) >= 11 is 0. The van der Waals surface area contributed by atoms with E-state index in [2.05, 4.69) is 4.98 Å². The van der Waals surface area contributed by atoms with E-state index >= 15 is 0 Å². The van der Waals surface area contributed by atoms with Crippen LogP contribution < -0.4 is 14.9 Å². The molecule has 1 rings (SSSR count). The van der Waals surface area contributed by atoms with Gasteiger partial charge in [0.15, 0.2) is 0 Å². The summed E-state index contributed by atoms with van der Waals surface area (Å²) in [5.74, 6) is 1.05. The predicted molar refractivity (Wildman–Crippen MR) is 42.7 cm³/mol. The summed E-state index contributed by atoms with van der Waals surface area (Å²) in [4.78, 5) is 3.90. The molecule has 4 heteroatoms. The van der Waals surface area contributed by atoms with E-state index in [4.69, 9.17) is 17.3 Å². The van der Waals surface area contributed by atoms with E-state index in [9.17, 15) is 0 Å². The number of hydrogen-bond acceptors (Lipinski definition) is 3. The lowest BCUT2D eigenvalue weighted by atomic mass is 9.98. The predicted octanol–water partition coefficient (Wildman–Crippen LogP) is -0.107. The Kier molecular flexibility index (Phi) is 2.36. The third kappa shape index (κ3) is 1.64. The first kappa shape index (κ1) is 7.92. The number of aromatic nitrogens is 1. The van der Waals surface area contributed by atoms with Gasteiger partial charge in [-0.25, -0.2) is 4.98 Å². The van der Waals surface area contributed by atoms with Crippen LogP contribution in [0.15, 0.2) is 12.3 Å². The summed E-state index contributed by atoms with van der Waals surface area (Å²) in [6.07, 6.45) is 1.55. The van der Waals surface area contributed by atoms with Crippen molar-refractivity contribution >= 4 is 13.3 Å². The highest BCUT2D eigenvalue weighted by atomic mass is 16.5. The maximum absolute atomic E-state index is 5.54. The van der Waals surface area contributed by atoms with Gasteiger partial charge in [-0.1, -0.05) is 0 Å². The average Bonchev–Trinajstić information content (AvgIpc) is 2.04. The minimum atomic E-state index is 0.422. The minimum Gasteiger partial charge on any atom is -0.495 e. The fraction of sp³-hybridized carbons (Fsp3) is 0.286. The van der Waals surface area contributed by atoms with Gasteiger partial charge in [0.1, 0.15) is 13.6 Å². The lowest BCUT2D eigenvalue weighted by Crippen LogP contribution is -2.09. The Labute approximate surface area is 66.8 Å². The van der Waals surface area contributed by atoms with Crippen molar-refractivity contribution in [2.24, 2.45) is 0 Å². The van der Waals surface area contributed by atoms with Crippen molar-refractivity contribution in [3.63, 3.8) is 0 Å². The lowest BCUT2D eigenvalue weighted by Gasteiger charge is -2.04. The van der Waals surface area contributed by atoms with Crippen LogP contribution in [0, 0.1) is 0 Å². The van der Waals surface area contributed by atoms with Gasteiger partial charge < -0.3 is 9.47 Å². The van der Waals surface area contributed by atoms with Gasteiger partial charge in [-0.15, -0.1) is 0 Å². The second-order valence-electron chi connectivity index (χ2n) is 1.97. The Morgan fingerprint density at radius 3 is 2.55 bits per heavy atom. The molecule has 0 bridgehead atoms. The summed E-state index contributed by atoms with van der Waals surface area (Å²) in [5, 5.41) is 0. The highest BCUT2D eigenvalue weighted by Gasteiger charge is 1.99. The van der Waals surface area contributed by atoms with E-state index < -0.39 is 0 Å². The average molecular weight is 149 g/mol. The first-order chi connectivity index (χ1) is 5.27. The monoisotopic (exact) mass is 149 g/mol. The maximum atomic E-state index is 5.54. The molecular formula is C7H8BNO2. The molecule has 0 spiro atoms.